The molecular weight excluding hydrogens is 180 g/mol. The minimum absolute atomic E-state index is 0.386. The van der Waals surface area contributed by atoms with Gasteiger partial charge in [0.15, 0.2) is 0 Å². The van der Waals surface area contributed by atoms with Gasteiger partial charge in [-0.15, -0.1) is 0 Å². The highest BCUT2D eigenvalue weighted by molar-refractivity contribution is 5.85. The Balaban J connectivity index is 2.30. The summed E-state index contributed by atoms with van der Waals surface area (Å²) in [4.78, 5) is 10.9. The maximum absolute atomic E-state index is 10.9. The van der Waals surface area contributed by atoms with E-state index in [-0.39, 0.29) is 0 Å². The standard InChI is InChI=1S/C10H18N2O2/c1-2-14-10(13)12-11-9-7-5-3-4-6-8-9/h2-8H2,1H3,(H,12,13). The Morgan fingerprint density at radius 1 is 1.36 bits per heavy atom. The van der Waals surface area contributed by atoms with Crippen molar-refractivity contribution < 1.29 is 9.53 Å². The van der Waals surface area contributed by atoms with Gasteiger partial charge in [0.25, 0.3) is 0 Å². The van der Waals surface area contributed by atoms with Gasteiger partial charge >= 0.3 is 6.09 Å². The number of rotatable bonds is 2. The van der Waals surface area contributed by atoms with Crippen LogP contribution in [0.25, 0.3) is 0 Å². The van der Waals surface area contributed by atoms with Crippen LogP contribution in [0.5, 0.6) is 0 Å². The molecule has 4 heteroatoms. The van der Waals surface area contributed by atoms with Crippen LogP contribution in [0.3, 0.4) is 0 Å². The summed E-state index contributed by atoms with van der Waals surface area (Å²) in [6.45, 7) is 2.16. The van der Waals surface area contributed by atoms with Crippen molar-refractivity contribution in [3.63, 3.8) is 0 Å². The molecule has 1 aliphatic carbocycles. The van der Waals surface area contributed by atoms with Gasteiger partial charge in [0, 0.05) is 5.71 Å². The smallest absolute Gasteiger partial charge is 0.427 e. The van der Waals surface area contributed by atoms with Crippen LogP contribution in [0.15, 0.2) is 5.10 Å². The van der Waals surface area contributed by atoms with Gasteiger partial charge in [0.1, 0.15) is 0 Å². The Kier molecular flexibility index (Phi) is 5.04. The van der Waals surface area contributed by atoms with E-state index in [9.17, 15) is 4.79 Å². The normalized spacial score (nSPS) is 17.1. The summed E-state index contributed by atoms with van der Waals surface area (Å²) in [5, 5.41) is 4.05. The minimum Gasteiger partial charge on any atom is -0.449 e. The second-order valence-electron chi connectivity index (χ2n) is 3.42. The van der Waals surface area contributed by atoms with Gasteiger partial charge in [-0.2, -0.15) is 5.10 Å². The first-order valence-corrected chi connectivity index (χ1v) is 5.31. The summed E-state index contributed by atoms with van der Waals surface area (Å²) in [5.41, 5.74) is 3.50. The molecule has 1 rings (SSSR count). The second kappa shape index (κ2) is 6.40. The van der Waals surface area contributed by atoms with Crippen LogP contribution >= 0.6 is 0 Å². The molecule has 1 amide bonds. The maximum Gasteiger partial charge on any atom is 0.427 e. The van der Waals surface area contributed by atoms with Crippen molar-refractivity contribution in [1.82, 2.24) is 5.43 Å². The lowest BCUT2D eigenvalue weighted by Crippen LogP contribution is -2.20. The zero-order valence-corrected chi connectivity index (χ0v) is 8.71. The number of carbonyl (C=O) groups excluding carboxylic acids is 1. The molecule has 0 aromatic rings. The highest BCUT2D eigenvalue weighted by atomic mass is 16.5. The van der Waals surface area contributed by atoms with E-state index in [1.807, 2.05) is 0 Å². The molecule has 0 heterocycles. The molecule has 0 aromatic heterocycles. The zero-order chi connectivity index (χ0) is 10.2. The topological polar surface area (TPSA) is 50.7 Å². The lowest BCUT2D eigenvalue weighted by Gasteiger charge is -2.03. The fourth-order valence-electron chi connectivity index (χ4n) is 1.54. The molecule has 4 nitrogen and oxygen atoms in total. The number of hydrazone groups is 1. The number of hydrogen-bond donors (Lipinski definition) is 1. The molecule has 80 valence electrons. The molecule has 1 N–H and O–H groups in total. The molecule has 1 aliphatic rings. The average molecular weight is 198 g/mol. The summed E-state index contributed by atoms with van der Waals surface area (Å²) >= 11 is 0. The first kappa shape index (κ1) is 11.0. The van der Waals surface area contributed by atoms with Crippen LogP contribution in [0.2, 0.25) is 0 Å². The molecule has 1 fully saturated rings. The molecule has 14 heavy (non-hydrogen) atoms. The third-order valence-electron chi connectivity index (χ3n) is 2.26. The molecule has 0 saturated heterocycles. The molecule has 0 radical (unpaired) electrons. The van der Waals surface area contributed by atoms with Gasteiger partial charge < -0.3 is 4.74 Å². The minimum atomic E-state index is -0.454. The van der Waals surface area contributed by atoms with Crippen LogP contribution < -0.4 is 5.43 Å². The first-order valence-electron chi connectivity index (χ1n) is 5.31. The number of nitrogens with one attached hydrogen (secondary N) is 1. The molecule has 1 saturated carbocycles. The summed E-state index contributed by atoms with van der Waals surface area (Å²) in [5.74, 6) is 0. The maximum atomic E-state index is 10.9. The fraction of sp³-hybridized carbons (Fsp3) is 0.800. The molecule has 0 atom stereocenters. The number of hydrogen-bond acceptors (Lipinski definition) is 3. The fourth-order valence-corrected chi connectivity index (χ4v) is 1.54. The lowest BCUT2D eigenvalue weighted by atomic mass is 10.2. The van der Waals surface area contributed by atoms with Crippen LogP contribution in [-0.4, -0.2) is 18.4 Å². The number of amides is 1. The number of nitrogens with zero attached hydrogens (tertiary/aromatic N) is 1. The van der Waals surface area contributed by atoms with E-state index >= 15 is 0 Å². The van der Waals surface area contributed by atoms with Gasteiger partial charge in [-0.1, -0.05) is 12.8 Å². The second-order valence-corrected chi connectivity index (χ2v) is 3.42. The Hall–Kier alpha value is -1.06. The quantitative estimate of drug-likeness (QED) is 0.547. The van der Waals surface area contributed by atoms with E-state index in [1.54, 1.807) is 6.92 Å². The van der Waals surface area contributed by atoms with Gasteiger partial charge in [-0.05, 0) is 32.6 Å². The van der Waals surface area contributed by atoms with Crippen molar-refractivity contribution in [2.24, 2.45) is 5.10 Å². The summed E-state index contributed by atoms with van der Waals surface area (Å²) in [7, 11) is 0. The highest BCUT2D eigenvalue weighted by Gasteiger charge is 2.06. The van der Waals surface area contributed by atoms with Gasteiger partial charge in [-0.3, -0.25) is 0 Å². The third kappa shape index (κ3) is 4.25. The molecule has 0 spiro atoms. The SMILES string of the molecule is CCOC(=O)NN=C1CCCCCC1. The Morgan fingerprint density at radius 3 is 2.57 bits per heavy atom. The van der Waals surface area contributed by atoms with Crippen LogP contribution in [0, 0.1) is 0 Å². The van der Waals surface area contributed by atoms with Crippen molar-refractivity contribution in [2.75, 3.05) is 6.61 Å². The molecule has 0 bridgehead atoms. The first-order chi connectivity index (χ1) is 6.83. The molecule has 0 aliphatic heterocycles. The highest BCUT2D eigenvalue weighted by Crippen LogP contribution is 2.14. The summed E-state index contributed by atoms with van der Waals surface area (Å²) in [6, 6.07) is 0. The molecular formula is C10H18N2O2. The predicted octanol–water partition coefficient (Wildman–Crippen LogP) is 2.44. The van der Waals surface area contributed by atoms with Crippen LogP contribution in [0.4, 0.5) is 4.79 Å². The Labute approximate surface area is 84.7 Å². The average Bonchev–Trinajstić information content (AvgIpc) is 2.43. The largest absolute Gasteiger partial charge is 0.449 e. The van der Waals surface area contributed by atoms with Crippen molar-refractivity contribution in [3.8, 4) is 0 Å². The van der Waals surface area contributed by atoms with E-state index in [4.69, 9.17) is 4.74 Å². The van der Waals surface area contributed by atoms with Crippen LogP contribution in [0.1, 0.15) is 45.4 Å². The monoisotopic (exact) mass is 198 g/mol. The van der Waals surface area contributed by atoms with Gasteiger partial charge in [-0.25, -0.2) is 10.2 Å². The van der Waals surface area contributed by atoms with Gasteiger partial charge in [0.05, 0.1) is 6.61 Å². The lowest BCUT2D eigenvalue weighted by molar-refractivity contribution is 0.152. The number of carbonyl (C=O) groups is 1. The Morgan fingerprint density at radius 2 is 2.00 bits per heavy atom. The molecule has 0 aromatic carbocycles. The van der Waals surface area contributed by atoms with Gasteiger partial charge in [0.2, 0.25) is 0 Å². The van der Waals surface area contributed by atoms with E-state index < -0.39 is 6.09 Å². The summed E-state index contributed by atoms with van der Waals surface area (Å²) in [6.07, 6.45) is 6.48. The van der Waals surface area contributed by atoms with Crippen molar-refractivity contribution in [2.45, 2.75) is 45.4 Å². The Bertz CT molecular complexity index is 204. The predicted molar refractivity (Wildman–Crippen MR) is 55.3 cm³/mol. The van der Waals surface area contributed by atoms with Crippen molar-refractivity contribution in [3.05, 3.63) is 0 Å². The third-order valence-corrected chi connectivity index (χ3v) is 2.26. The summed E-state index contributed by atoms with van der Waals surface area (Å²) < 4.78 is 4.71. The molecule has 0 unspecified atom stereocenters. The van der Waals surface area contributed by atoms with Crippen LogP contribution in [-0.2, 0) is 4.74 Å². The van der Waals surface area contributed by atoms with Crippen molar-refractivity contribution in [1.29, 1.82) is 0 Å². The number of ether oxygens (including phenoxy) is 1. The zero-order valence-electron chi connectivity index (χ0n) is 8.71. The van der Waals surface area contributed by atoms with E-state index in [0.717, 1.165) is 18.6 Å². The van der Waals surface area contributed by atoms with E-state index in [1.165, 1.54) is 25.7 Å². The van der Waals surface area contributed by atoms with E-state index in [2.05, 4.69) is 10.5 Å². The van der Waals surface area contributed by atoms with Crippen molar-refractivity contribution >= 4 is 11.8 Å². The van der Waals surface area contributed by atoms with E-state index in [0.29, 0.717) is 6.61 Å².